The van der Waals surface area contributed by atoms with E-state index in [0.717, 1.165) is 6.54 Å². The molecule has 16 heavy (non-hydrogen) atoms. The third kappa shape index (κ3) is 4.11. The van der Waals surface area contributed by atoms with Crippen molar-refractivity contribution in [3.63, 3.8) is 0 Å². The van der Waals surface area contributed by atoms with Crippen LogP contribution in [0.25, 0.3) is 0 Å². The Balaban J connectivity index is 2.82. The quantitative estimate of drug-likeness (QED) is 0.815. The fourth-order valence-corrected chi connectivity index (χ4v) is 3.10. The summed E-state index contributed by atoms with van der Waals surface area (Å²) < 4.78 is 1.21. The van der Waals surface area contributed by atoms with E-state index in [9.17, 15) is 0 Å². The van der Waals surface area contributed by atoms with Crippen molar-refractivity contribution in [1.29, 1.82) is 0 Å². The Kier molecular flexibility index (Phi) is 5.87. The highest BCUT2D eigenvalue weighted by Crippen LogP contribution is 2.32. The molecule has 0 aliphatic rings. The summed E-state index contributed by atoms with van der Waals surface area (Å²) >= 11 is 5.55. The standard InChI is InChI=1S/C13H20BrNS/c1-9(2)16-13-6-5-11(7-12(13)14)10(3)8-15-4/h5-7,9-10,15H,8H2,1-4H3. The van der Waals surface area contributed by atoms with Gasteiger partial charge in [-0.3, -0.25) is 0 Å². The molecule has 1 aromatic carbocycles. The molecular weight excluding hydrogens is 282 g/mol. The molecule has 0 aliphatic heterocycles. The van der Waals surface area contributed by atoms with Crippen molar-refractivity contribution in [3.05, 3.63) is 28.2 Å². The Labute approximate surface area is 112 Å². The monoisotopic (exact) mass is 301 g/mol. The Hall–Kier alpha value is 0.01000. The van der Waals surface area contributed by atoms with Gasteiger partial charge in [-0.2, -0.15) is 0 Å². The van der Waals surface area contributed by atoms with E-state index in [1.54, 1.807) is 0 Å². The van der Waals surface area contributed by atoms with Crippen LogP contribution in [0.2, 0.25) is 0 Å². The maximum absolute atomic E-state index is 3.65. The van der Waals surface area contributed by atoms with Crippen molar-refractivity contribution in [2.75, 3.05) is 13.6 Å². The van der Waals surface area contributed by atoms with Gasteiger partial charge >= 0.3 is 0 Å². The molecule has 0 fully saturated rings. The number of benzene rings is 1. The smallest absolute Gasteiger partial charge is 0.0314 e. The van der Waals surface area contributed by atoms with Crippen LogP contribution in [0.3, 0.4) is 0 Å². The molecule has 1 unspecified atom stereocenters. The number of halogens is 1. The summed E-state index contributed by atoms with van der Waals surface area (Å²) in [5, 5.41) is 3.83. The fourth-order valence-electron chi connectivity index (χ4n) is 1.60. The minimum absolute atomic E-state index is 0.555. The van der Waals surface area contributed by atoms with E-state index >= 15 is 0 Å². The van der Waals surface area contributed by atoms with Gasteiger partial charge in [0, 0.05) is 21.2 Å². The molecule has 0 aromatic heterocycles. The van der Waals surface area contributed by atoms with E-state index in [1.807, 2.05) is 18.8 Å². The maximum Gasteiger partial charge on any atom is 0.0314 e. The molecule has 0 spiro atoms. The Morgan fingerprint density at radius 1 is 1.31 bits per heavy atom. The molecule has 1 rings (SSSR count). The third-order valence-electron chi connectivity index (χ3n) is 2.40. The lowest BCUT2D eigenvalue weighted by Gasteiger charge is -2.14. The first-order valence-corrected chi connectivity index (χ1v) is 7.32. The van der Waals surface area contributed by atoms with Crippen molar-refractivity contribution >= 4 is 27.7 Å². The van der Waals surface area contributed by atoms with Gasteiger partial charge in [0.05, 0.1) is 0 Å². The lowest BCUT2D eigenvalue weighted by atomic mass is 10.0. The number of thioether (sulfide) groups is 1. The number of rotatable bonds is 5. The Morgan fingerprint density at radius 3 is 2.50 bits per heavy atom. The summed E-state index contributed by atoms with van der Waals surface area (Å²) in [6.07, 6.45) is 0. The zero-order valence-electron chi connectivity index (χ0n) is 10.4. The van der Waals surface area contributed by atoms with E-state index in [2.05, 4.69) is 60.2 Å². The van der Waals surface area contributed by atoms with Crippen LogP contribution in [0.1, 0.15) is 32.3 Å². The molecule has 0 saturated heterocycles. The van der Waals surface area contributed by atoms with Crippen molar-refractivity contribution in [3.8, 4) is 0 Å². The van der Waals surface area contributed by atoms with Gasteiger partial charge < -0.3 is 5.32 Å². The summed E-state index contributed by atoms with van der Waals surface area (Å²) in [5.41, 5.74) is 1.38. The van der Waals surface area contributed by atoms with E-state index in [1.165, 1.54) is 14.9 Å². The molecule has 0 aliphatic carbocycles. The average molecular weight is 302 g/mol. The van der Waals surface area contributed by atoms with E-state index < -0.39 is 0 Å². The molecule has 0 heterocycles. The largest absolute Gasteiger partial charge is 0.319 e. The van der Waals surface area contributed by atoms with Crippen LogP contribution in [-0.4, -0.2) is 18.8 Å². The lowest BCUT2D eigenvalue weighted by Crippen LogP contribution is -2.14. The van der Waals surface area contributed by atoms with Gasteiger partial charge in [-0.1, -0.05) is 26.8 Å². The summed E-state index contributed by atoms with van der Waals surface area (Å²) in [6.45, 7) is 7.69. The third-order valence-corrected chi connectivity index (χ3v) is 4.40. The number of hydrogen-bond acceptors (Lipinski definition) is 2. The van der Waals surface area contributed by atoms with E-state index in [0.29, 0.717) is 11.2 Å². The second kappa shape index (κ2) is 6.67. The van der Waals surface area contributed by atoms with Crippen molar-refractivity contribution in [2.24, 2.45) is 0 Å². The maximum atomic E-state index is 3.65. The van der Waals surface area contributed by atoms with Crippen LogP contribution in [0, 0.1) is 0 Å². The van der Waals surface area contributed by atoms with Crippen molar-refractivity contribution < 1.29 is 0 Å². The normalized spacial score (nSPS) is 13.1. The molecule has 1 atom stereocenters. The fraction of sp³-hybridized carbons (Fsp3) is 0.538. The molecule has 90 valence electrons. The molecule has 0 bridgehead atoms. The van der Waals surface area contributed by atoms with Crippen LogP contribution < -0.4 is 5.32 Å². The van der Waals surface area contributed by atoms with Gasteiger partial charge in [0.15, 0.2) is 0 Å². The first-order chi connectivity index (χ1) is 7.54. The second-order valence-corrected chi connectivity index (χ2v) is 6.79. The van der Waals surface area contributed by atoms with Gasteiger partial charge in [0.2, 0.25) is 0 Å². The predicted octanol–water partition coefficient (Wildman–Crippen LogP) is 4.27. The summed E-state index contributed by atoms with van der Waals surface area (Å²) in [4.78, 5) is 1.33. The van der Waals surface area contributed by atoms with Gasteiger partial charge in [-0.25, -0.2) is 0 Å². The first kappa shape index (κ1) is 14.1. The lowest BCUT2D eigenvalue weighted by molar-refractivity contribution is 0.677. The highest BCUT2D eigenvalue weighted by atomic mass is 79.9. The van der Waals surface area contributed by atoms with Crippen LogP contribution in [0.4, 0.5) is 0 Å². The number of likely N-dealkylation sites (N-methyl/N-ethyl adjacent to an activating group) is 1. The SMILES string of the molecule is CNCC(C)c1ccc(SC(C)C)c(Br)c1. The first-order valence-electron chi connectivity index (χ1n) is 5.65. The van der Waals surface area contributed by atoms with E-state index in [4.69, 9.17) is 0 Å². The summed E-state index contributed by atoms with van der Waals surface area (Å²) in [6, 6.07) is 6.69. The Bertz CT molecular complexity index is 339. The minimum Gasteiger partial charge on any atom is -0.319 e. The minimum atomic E-state index is 0.555. The summed E-state index contributed by atoms with van der Waals surface area (Å²) in [7, 11) is 1.99. The van der Waals surface area contributed by atoms with Gasteiger partial charge in [0.1, 0.15) is 0 Å². The van der Waals surface area contributed by atoms with Gasteiger partial charge in [-0.15, -0.1) is 11.8 Å². The summed E-state index contributed by atoms with van der Waals surface area (Å²) in [5.74, 6) is 0.555. The molecule has 0 radical (unpaired) electrons. The highest BCUT2D eigenvalue weighted by molar-refractivity contribution is 9.10. The molecule has 0 saturated carbocycles. The van der Waals surface area contributed by atoms with Crippen LogP contribution in [0.5, 0.6) is 0 Å². The van der Waals surface area contributed by atoms with Crippen LogP contribution in [0.15, 0.2) is 27.6 Å². The van der Waals surface area contributed by atoms with Gasteiger partial charge in [-0.05, 0) is 46.6 Å². The zero-order chi connectivity index (χ0) is 12.1. The molecular formula is C13H20BrNS. The molecule has 0 amide bonds. The van der Waals surface area contributed by atoms with Crippen LogP contribution in [-0.2, 0) is 0 Å². The predicted molar refractivity (Wildman–Crippen MR) is 77.5 cm³/mol. The molecule has 1 nitrogen and oxygen atoms in total. The zero-order valence-corrected chi connectivity index (χ0v) is 12.8. The molecule has 1 aromatic rings. The van der Waals surface area contributed by atoms with E-state index in [-0.39, 0.29) is 0 Å². The number of hydrogen-bond donors (Lipinski definition) is 1. The average Bonchev–Trinajstić information content (AvgIpc) is 2.20. The molecule has 3 heteroatoms. The Morgan fingerprint density at radius 2 is 2.00 bits per heavy atom. The van der Waals surface area contributed by atoms with Crippen LogP contribution >= 0.6 is 27.7 Å². The second-order valence-electron chi connectivity index (χ2n) is 4.32. The van der Waals surface area contributed by atoms with Crippen molar-refractivity contribution in [2.45, 2.75) is 36.8 Å². The highest BCUT2D eigenvalue weighted by Gasteiger charge is 2.08. The van der Waals surface area contributed by atoms with Gasteiger partial charge in [0.25, 0.3) is 0 Å². The number of nitrogens with one attached hydrogen (secondary N) is 1. The topological polar surface area (TPSA) is 12.0 Å². The molecule has 1 N–H and O–H groups in total. The van der Waals surface area contributed by atoms with Crippen molar-refractivity contribution in [1.82, 2.24) is 5.32 Å².